The number of hydrogen-bond donors (Lipinski definition) is 1. The molecule has 0 bridgehead atoms. The van der Waals surface area contributed by atoms with E-state index in [-0.39, 0.29) is 67.6 Å². The smallest absolute Gasteiger partial charge is 0.210 e. The minimum Gasteiger partial charge on any atom is -0.334 e. The van der Waals surface area contributed by atoms with Crippen LogP contribution in [0.1, 0.15) is 74.1 Å². The minimum atomic E-state index is -0.252. The van der Waals surface area contributed by atoms with Crippen molar-refractivity contribution in [3.8, 4) is 0 Å². The predicted octanol–water partition coefficient (Wildman–Crippen LogP) is 4.60. The first-order chi connectivity index (χ1) is 10.3. The number of ketones is 1. The monoisotopic (exact) mass is 413 g/mol. The number of amides is 1. The molecule has 4 nitrogen and oxygen atoms in total. The molecule has 1 radical (unpaired) electrons. The topological polar surface area (TPSA) is 58.5 Å². The van der Waals surface area contributed by atoms with Crippen LogP contribution in [0.2, 0.25) is 0 Å². The van der Waals surface area contributed by atoms with E-state index in [1.165, 1.54) is 0 Å². The summed E-state index contributed by atoms with van der Waals surface area (Å²) in [5, 5.41) is 3.67. The molecule has 0 spiro atoms. The second kappa shape index (κ2) is 14.1. The van der Waals surface area contributed by atoms with E-state index in [9.17, 15) is 9.59 Å². The molecule has 0 aromatic heterocycles. The molecule has 0 saturated carbocycles. The average Bonchev–Trinajstić information content (AvgIpc) is 2.40. The molecule has 0 rings (SSSR count). The standard InChI is InChI=1S/C12H23O.C7H13N2O.Y/c1-9(8-11(2,3)4)10(13)12(5,6)7;1-3-5-6-8-9-7(10)4-2;/h9H,1,8H2,2-7H3;6H,2-5H2,1H3,(H,9,10);/q2*-1;/b;8-6-;. The van der Waals surface area contributed by atoms with Crippen molar-refractivity contribution in [2.24, 2.45) is 21.8 Å². The van der Waals surface area contributed by atoms with Crippen molar-refractivity contribution < 1.29 is 42.3 Å². The molecule has 24 heavy (non-hydrogen) atoms. The van der Waals surface area contributed by atoms with Gasteiger partial charge in [0, 0.05) is 44.3 Å². The van der Waals surface area contributed by atoms with E-state index in [4.69, 9.17) is 0 Å². The van der Waals surface area contributed by atoms with Crippen LogP contribution in [0.15, 0.2) is 5.10 Å². The van der Waals surface area contributed by atoms with Crippen molar-refractivity contribution in [1.29, 1.82) is 0 Å². The third-order valence-corrected chi connectivity index (χ3v) is 2.89. The Morgan fingerprint density at radius 1 is 1.17 bits per heavy atom. The minimum absolute atomic E-state index is 0. The first kappa shape index (κ1) is 28.7. The first-order valence-electron chi connectivity index (χ1n) is 8.32. The summed E-state index contributed by atoms with van der Waals surface area (Å²) < 4.78 is 0. The van der Waals surface area contributed by atoms with Gasteiger partial charge in [-0.2, -0.15) is 5.10 Å². The molecular formula is C19H36N2O2Y-2. The van der Waals surface area contributed by atoms with E-state index in [0.29, 0.717) is 0 Å². The predicted molar refractivity (Wildman–Crippen MR) is 98.9 cm³/mol. The van der Waals surface area contributed by atoms with Crippen LogP contribution in [0.5, 0.6) is 0 Å². The van der Waals surface area contributed by atoms with Crippen LogP contribution >= 0.6 is 0 Å². The van der Waals surface area contributed by atoms with E-state index in [0.717, 1.165) is 19.3 Å². The molecule has 1 amide bonds. The van der Waals surface area contributed by atoms with Crippen molar-refractivity contribution in [2.75, 3.05) is 0 Å². The Balaban J connectivity index is -0.000000364. The van der Waals surface area contributed by atoms with Gasteiger partial charge in [-0.05, 0) is 11.8 Å². The number of nitrogens with zero attached hydrogens (tertiary/aromatic N) is 1. The molecule has 0 aromatic carbocycles. The van der Waals surface area contributed by atoms with Gasteiger partial charge < -0.3 is 18.6 Å². The summed E-state index contributed by atoms with van der Waals surface area (Å²) in [6.45, 7) is 21.7. The normalized spacial score (nSPS) is 12.7. The van der Waals surface area contributed by atoms with Crippen LogP contribution < -0.4 is 5.43 Å². The van der Waals surface area contributed by atoms with Crippen LogP contribution in [0.4, 0.5) is 0 Å². The molecule has 0 aromatic rings. The Bertz CT molecular complexity index is 380. The molecule has 139 valence electrons. The number of unbranched alkanes of at least 4 members (excludes halogenated alkanes) is 1. The molecule has 0 heterocycles. The summed E-state index contributed by atoms with van der Waals surface area (Å²) in [7, 11) is 0. The molecule has 0 aliphatic rings. The van der Waals surface area contributed by atoms with Crippen LogP contribution in [-0.4, -0.2) is 17.9 Å². The third kappa shape index (κ3) is 18.3. The van der Waals surface area contributed by atoms with Gasteiger partial charge in [0.05, 0.1) is 0 Å². The number of rotatable bonds is 6. The van der Waals surface area contributed by atoms with Gasteiger partial charge in [-0.3, -0.25) is 4.79 Å². The van der Waals surface area contributed by atoms with Gasteiger partial charge in [0.2, 0.25) is 5.91 Å². The Morgan fingerprint density at radius 3 is 2.00 bits per heavy atom. The van der Waals surface area contributed by atoms with Gasteiger partial charge in [0.15, 0.2) is 0 Å². The largest absolute Gasteiger partial charge is 0.334 e. The van der Waals surface area contributed by atoms with Gasteiger partial charge in [0.25, 0.3) is 0 Å². The number of Topliss-reactive ketones (excluding diaryl/α,β-unsaturated/α-hetero) is 1. The zero-order valence-corrected chi connectivity index (χ0v) is 19.6. The zero-order chi connectivity index (χ0) is 18.7. The molecular weight excluding hydrogens is 377 g/mol. The second-order valence-electron chi connectivity index (χ2n) is 7.96. The Morgan fingerprint density at radius 2 is 1.67 bits per heavy atom. The summed E-state index contributed by atoms with van der Waals surface area (Å²) in [6, 6.07) is 0. The maximum atomic E-state index is 11.8. The van der Waals surface area contributed by atoms with Gasteiger partial charge in [-0.15, -0.1) is 5.92 Å². The Kier molecular flexibility index (Phi) is 16.9. The molecule has 5 heteroatoms. The summed E-state index contributed by atoms with van der Waals surface area (Å²) in [5.41, 5.74) is 2.27. The fraction of sp³-hybridized carbons (Fsp3) is 0.737. The number of hydrogen-bond acceptors (Lipinski definition) is 3. The van der Waals surface area contributed by atoms with Gasteiger partial charge >= 0.3 is 0 Å². The molecule has 0 aliphatic heterocycles. The summed E-state index contributed by atoms with van der Waals surface area (Å²) >= 11 is 0. The summed E-state index contributed by atoms with van der Waals surface area (Å²) in [4.78, 5) is 22.3. The summed E-state index contributed by atoms with van der Waals surface area (Å²) in [5.74, 6) is 0.0507. The Labute approximate surface area is 174 Å². The van der Waals surface area contributed by atoms with E-state index < -0.39 is 0 Å². The van der Waals surface area contributed by atoms with Crippen LogP contribution in [0, 0.1) is 30.6 Å². The molecule has 0 aliphatic carbocycles. The van der Waals surface area contributed by atoms with Crippen molar-refractivity contribution in [3.63, 3.8) is 0 Å². The fourth-order valence-electron chi connectivity index (χ4n) is 1.81. The van der Waals surface area contributed by atoms with Crippen molar-refractivity contribution in [3.05, 3.63) is 13.8 Å². The SMILES string of the molecule is [CH2-]C(CC(C)(C)C)C(=O)C(C)(C)C.[CH2-]CC(=O)N/N=C\CCC.[Y]. The maximum Gasteiger partial charge on any atom is 0.210 e. The van der Waals surface area contributed by atoms with E-state index in [1.807, 2.05) is 20.8 Å². The molecule has 1 atom stereocenters. The zero-order valence-electron chi connectivity index (χ0n) is 16.7. The van der Waals surface area contributed by atoms with Crippen LogP contribution in [0.3, 0.4) is 0 Å². The molecule has 0 saturated heterocycles. The van der Waals surface area contributed by atoms with Crippen molar-refractivity contribution in [2.45, 2.75) is 74.1 Å². The van der Waals surface area contributed by atoms with Gasteiger partial charge in [0.1, 0.15) is 5.78 Å². The quantitative estimate of drug-likeness (QED) is 0.393. The number of nitrogens with one attached hydrogen (secondary N) is 1. The summed E-state index contributed by atoms with van der Waals surface area (Å²) in [6.07, 6.45) is 4.74. The average molecular weight is 413 g/mol. The van der Waals surface area contributed by atoms with Crippen LogP contribution in [-0.2, 0) is 42.3 Å². The van der Waals surface area contributed by atoms with Gasteiger partial charge in [-0.1, -0.05) is 67.7 Å². The number of carbonyl (C=O) groups is 2. The van der Waals surface area contributed by atoms with E-state index in [2.05, 4.69) is 52.1 Å². The fourth-order valence-corrected chi connectivity index (χ4v) is 1.81. The van der Waals surface area contributed by atoms with Gasteiger partial charge in [-0.25, -0.2) is 5.43 Å². The number of carbonyl (C=O) groups excluding carboxylic acids is 2. The second-order valence-corrected chi connectivity index (χ2v) is 7.96. The molecule has 1 unspecified atom stereocenters. The third-order valence-electron chi connectivity index (χ3n) is 2.89. The molecule has 0 fully saturated rings. The first-order valence-corrected chi connectivity index (χ1v) is 8.32. The van der Waals surface area contributed by atoms with Crippen molar-refractivity contribution >= 4 is 17.9 Å². The van der Waals surface area contributed by atoms with E-state index >= 15 is 0 Å². The maximum absolute atomic E-state index is 11.8. The Hall–Kier alpha value is -0.0861. The van der Waals surface area contributed by atoms with Crippen LogP contribution in [0.25, 0.3) is 0 Å². The van der Waals surface area contributed by atoms with Crippen molar-refractivity contribution in [1.82, 2.24) is 5.43 Å². The van der Waals surface area contributed by atoms with E-state index in [1.54, 1.807) is 6.21 Å². The number of hydrazone groups is 1. The molecule has 1 N–H and O–H groups in total.